The van der Waals surface area contributed by atoms with E-state index in [0.717, 1.165) is 25.8 Å². The number of hydrogen-bond acceptors (Lipinski definition) is 4. The highest BCUT2D eigenvalue weighted by Crippen LogP contribution is 2.24. The van der Waals surface area contributed by atoms with Gasteiger partial charge in [-0.25, -0.2) is 13.1 Å². The molecule has 108 valence electrons. The molecule has 0 spiro atoms. The van der Waals surface area contributed by atoms with Gasteiger partial charge in [-0.1, -0.05) is 6.92 Å². The van der Waals surface area contributed by atoms with Crippen LogP contribution in [0.4, 0.5) is 0 Å². The van der Waals surface area contributed by atoms with Crippen molar-refractivity contribution in [3.63, 3.8) is 0 Å². The van der Waals surface area contributed by atoms with Crippen LogP contribution in [0.2, 0.25) is 0 Å². The molecule has 0 aromatic heterocycles. The molecule has 0 saturated heterocycles. The molecule has 0 aromatic rings. The Morgan fingerprint density at radius 3 is 2.56 bits per heavy atom. The van der Waals surface area contributed by atoms with E-state index in [9.17, 15) is 8.42 Å². The highest BCUT2D eigenvalue weighted by molar-refractivity contribution is 7.90. The molecule has 2 N–H and O–H groups in total. The molecule has 0 radical (unpaired) electrons. The van der Waals surface area contributed by atoms with Crippen molar-refractivity contribution in [2.75, 3.05) is 19.7 Å². The molecule has 1 saturated carbocycles. The van der Waals surface area contributed by atoms with Crippen LogP contribution in [0.25, 0.3) is 0 Å². The summed E-state index contributed by atoms with van der Waals surface area (Å²) >= 11 is 0. The number of hydrogen-bond donors (Lipinski definition) is 2. The minimum atomic E-state index is -3.21. The Bertz CT molecular complexity index is 326. The minimum Gasteiger partial charge on any atom is -0.378 e. The van der Waals surface area contributed by atoms with Gasteiger partial charge in [-0.2, -0.15) is 0 Å². The maximum Gasteiger partial charge on any atom is 0.215 e. The van der Waals surface area contributed by atoms with Gasteiger partial charge in [0.25, 0.3) is 0 Å². The molecule has 1 aliphatic carbocycles. The molecule has 0 aliphatic heterocycles. The molecular weight excluding hydrogens is 252 g/mol. The summed E-state index contributed by atoms with van der Waals surface area (Å²) in [5.41, 5.74) is 0. The van der Waals surface area contributed by atoms with Gasteiger partial charge in [-0.15, -0.1) is 0 Å². The third-order valence-electron chi connectivity index (χ3n) is 3.22. The summed E-state index contributed by atoms with van der Waals surface area (Å²) in [5, 5.41) is 2.74. The number of rotatable bonds is 9. The zero-order chi connectivity index (χ0) is 13.6. The first-order chi connectivity index (χ1) is 8.49. The van der Waals surface area contributed by atoms with Crippen LogP contribution >= 0.6 is 0 Å². The van der Waals surface area contributed by atoms with E-state index >= 15 is 0 Å². The van der Waals surface area contributed by atoms with Gasteiger partial charge in [0.1, 0.15) is 0 Å². The molecule has 1 fully saturated rings. The third-order valence-corrected chi connectivity index (χ3v) is 5.10. The van der Waals surface area contributed by atoms with Crippen LogP contribution in [0.15, 0.2) is 0 Å². The van der Waals surface area contributed by atoms with Gasteiger partial charge in [0.2, 0.25) is 10.0 Å². The number of sulfonamides is 1. The maximum atomic E-state index is 12.0. The third kappa shape index (κ3) is 4.84. The first kappa shape index (κ1) is 15.9. The molecule has 5 nitrogen and oxygen atoms in total. The number of ether oxygens (including phenoxy) is 1. The molecule has 0 bridgehead atoms. The highest BCUT2D eigenvalue weighted by atomic mass is 32.2. The SMILES string of the molecule is CCCNCC(C)S(=O)(=O)NC1CC(OCC)C1. The van der Waals surface area contributed by atoms with E-state index in [1.165, 1.54) is 0 Å². The van der Waals surface area contributed by atoms with E-state index in [1.54, 1.807) is 6.92 Å². The lowest BCUT2D eigenvalue weighted by Gasteiger charge is -2.35. The predicted octanol–water partition coefficient (Wildman–Crippen LogP) is 0.861. The van der Waals surface area contributed by atoms with E-state index in [0.29, 0.717) is 13.2 Å². The molecule has 1 unspecified atom stereocenters. The average Bonchev–Trinajstić information content (AvgIpc) is 2.26. The summed E-state index contributed by atoms with van der Waals surface area (Å²) in [5.74, 6) is 0. The van der Waals surface area contributed by atoms with Crippen molar-refractivity contribution in [2.45, 2.75) is 57.4 Å². The molecule has 0 aromatic carbocycles. The lowest BCUT2D eigenvalue weighted by atomic mass is 9.90. The highest BCUT2D eigenvalue weighted by Gasteiger charge is 2.34. The lowest BCUT2D eigenvalue weighted by molar-refractivity contribution is -0.00480. The van der Waals surface area contributed by atoms with Crippen LogP contribution < -0.4 is 10.0 Å². The van der Waals surface area contributed by atoms with E-state index in [2.05, 4.69) is 17.0 Å². The Labute approximate surface area is 111 Å². The standard InChI is InChI=1S/C12H26N2O3S/c1-4-6-13-9-10(3)18(15,16)14-11-7-12(8-11)17-5-2/h10-14H,4-9H2,1-3H3. The topological polar surface area (TPSA) is 67.4 Å². The fraction of sp³-hybridized carbons (Fsp3) is 1.00. The summed E-state index contributed by atoms with van der Waals surface area (Å²) < 4.78 is 32.2. The van der Waals surface area contributed by atoms with Gasteiger partial charge >= 0.3 is 0 Å². The molecule has 1 rings (SSSR count). The van der Waals surface area contributed by atoms with E-state index in [4.69, 9.17) is 4.74 Å². The summed E-state index contributed by atoms with van der Waals surface area (Å²) in [6.45, 7) is 7.82. The molecule has 1 aliphatic rings. The van der Waals surface area contributed by atoms with Gasteiger partial charge in [-0.3, -0.25) is 0 Å². The zero-order valence-corrected chi connectivity index (χ0v) is 12.4. The molecular formula is C12H26N2O3S. The van der Waals surface area contributed by atoms with E-state index in [1.807, 2.05) is 6.92 Å². The molecule has 6 heteroatoms. The van der Waals surface area contributed by atoms with Crippen molar-refractivity contribution < 1.29 is 13.2 Å². The van der Waals surface area contributed by atoms with Crippen molar-refractivity contribution in [3.05, 3.63) is 0 Å². The minimum absolute atomic E-state index is 0.0557. The lowest BCUT2D eigenvalue weighted by Crippen LogP contribution is -2.51. The summed E-state index contributed by atoms with van der Waals surface area (Å²) in [6, 6.07) is 0.0557. The second-order valence-corrected chi connectivity index (χ2v) is 7.05. The summed E-state index contributed by atoms with van der Waals surface area (Å²) in [4.78, 5) is 0. The Morgan fingerprint density at radius 1 is 1.33 bits per heavy atom. The average molecular weight is 278 g/mol. The van der Waals surface area contributed by atoms with Gasteiger partial charge in [-0.05, 0) is 39.7 Å². The maximum absolute atomic E-state index is 12.0. The zero-order valence-electron chi connectivity index (χ0n) is 11.6. The Morgan fingerprint density at radius 2 is 2.00 bits per heavy atom. The smallest absolute Gasteiger partial charge is 0.215 e. The molecule has 0 amide bonds. The van der Waals surface area contributed by atoms with Crippen molar-refractivity contribution in [1.29, 1.82) is 0 Å². The van der Waals surface area contributed by atoms with Crippen LogP contribution in [-0.2, 0) is 14.8 Å². The van der Waals surface area contributed by atoms with Gasteiger partial charge in [0.15, 0.2) is 0 Å². The monoisotopic (exact) mass is 278 g/mol. The van der Waals surface area contributed by atoms with Crippen molar-refractivity contribution in [1.82, 2.24) is 10.0 Å². The number of nitrogens with one attached hydrogen (secondary N) is 2. The summed E-state index contributed by atoms with van der Waals surface area (Å²) in [7, 11) is -3.21. The van der Waals surface area contributed by atoms with Crippen molar-refractivity contribution in [3.8, 4) is 0 Å². The van der Waals surface area contributed by atoms with Crippen molar-refractivity contribution in [2.24, 2.45) is 0 Å². The second-order valence-electron chi connectivity index (χ2n) is 4.92. The molecule has 0 heterocycles. The van der Waals surface area contributed by atoms with Crippen molar-refractivity contribution >= 4 is 10.0 Å². The Kier molecular flexibility index (Phi) is 6.55. The second kappa shape index (κ2) is 7.43. The Balaban J connectivity index is 2.27. The van der Waals surface area contributed by atoms with Crippen LogP contribution in [0.1, 0.15) is 40.0 Å². The van der Waals surface area contributed by atoms with Crippen LogP contribution in [-0.4, -0.2) is 45.5 Å². The largest absolute Gasteiger partial charge is 0.378 e. The van der Waals surface area contributed by atoms with E-state index in [-0.39, 0.29) is 12.1 Å². The fourth-order valence-electron chi connectivity index (χ4n) is 1.97. The fourth-order valence-corrected chi connectivity index (χ4v) is 3.20. The normalized spacial score (nSPS) is 25.7. The van der Waals surface area contributed by atoms with Gasteiger partial charge in [0.05, 0.1) is 11.4 Å². The predicted molar refractivity (Wildman–Crippen MR) is 73.1 cm³/mol. The van der Waals surface area contributed by atoms with Gasteiger partial charge < -0.3 is 10.1 Å². The van der Waals surface area contributed by atoms with Crippen LogP contribution in [0.5, 0.6) is 0 Å². The Hall–Kier alpha value is -0.170. The summed E-state index contributed by atoms with van der Waals surface area (Å²) in [6.07, 6.45) is 2.83. The van der Waals surface area contributed by atoms with Gasteiger partial charge in [0, 0.05) is 19.2 Å². The first-order valence-electron chi connectivity index (χ1n) is 6.83. The quantitative estimate of drug-likeness (QED) is 0.614. The van der Waals surface area contributed by atoms with Crippen LogP contribution in [0.3, 0.4) is 0 Å². The first-order valence-corrected chi connectivity index (χ1v) is 8.37. The molecule has 1 atom stereocenters. The molecule has 18 heavy (non-hydrogen) atoms. The van der Waals surface area contributed by atoms with E-state index < -0.39 is 15.3 Å². The van der Waals surface area contributed by atoms with Crippen LogP contribution in [0, 0.1) is 0 Å².